The first-order valence-electron chi connectivity index (χ1n) is 8.79. The van der Waals surface area contributed by atoms with Crippen LogP contribution in [0.15, 0.2) is 42.6 Å². The third kappa shape index (κ3) is 3.09. The van der Waals surface area contributed by atoms with Gasteiger partial charge in [0, 0.05) is 42.9 Å². The molecule has 2 aliphatic rings. The molecule has 0 saturated carbocycles. The quantitative estimate of drug-likeness (QED) is 0.634. The van der Waals surface area contributed by atoms with Gasteiger partial charge in [-0.15, -0.1) is 0 Å². The summed E-state index contributed by atoms with van der Waals surface area (Å²) < 4.78 is 0. The Bertz CT molecular complexity index is 777. The zero-order valence-corrected chi connectivity index (χ0v) is 14.3. The van der Waals surface area contributed by atoms with Crippen molar-refractivity contribution in [1.29, 1.82) is 0 Å². The van der Waals surface area contributed by atoms with E-state index in [1.54, 1.807) is 12.1 Å². The molecule has 130 valence electrons. The number of anilines is 1. The SMILES string of the molecule is CN1C2CCC1CN(c1ccc(-c3cccc([N+](=O)[O-])c3)nc1)CC2. The highest BCUT2D eigenvalue weighted by molar-refractivity contribution is 5.64. The predicted octanol–water partition coefficient (Wildman–Crippen LogP) is 3.33. The van der Waals surface area contributed by atoms with Crippen LogP contribution in [0.3, 0.4) is 0 Å². The van der Waals surface area contributed by atoms with Gasteiger partial charge in [-0.2, -0.15) is 0 Å². The Labute approximate surface area is 147 Å². The van der Waals surface area contributed by atoms with E-state index in [9.17, 15) is 10.1 Å². The summed E-state index contributed by atoms with van der Waals surface area (Å²) in [6.45, 7) is 2.11. The van der Waals surface area contributed by atoms with Crippen molar-refractivity contribution in [2.75, 3.05) is 25.0 Å². The number of aromatic nitrogens is 1. The molecule has 2 fully saturated rings. The average molecular weight is 338 g/mol. The topological polar surface area (TPSA) is 62.5 Å². The fraction of sp³-hybridized carbons (Fsp3) is 0.421. The van der Waals surface area contributed by atoms with Crippen molar-refractivity contribution in [3.63, 3.8) is 0 Å². The third-order valence-electron chi connectivity index (χ3n) is 5.61. The number of nitrogens with zero attached hydrogens (tertiary/aromatic N) is 4. The molecule has 1 aromatic carbocycles. The Morgan fingerprint density at radius 3 is 2.76 bits per heavy atom. The minimum absolute atomic E-state index is 0.0926. The normalized spacial score (nSPS) is 23.5. The molecule has 1 aromatic heterocycles. The van der Waals surface area contributed by atoms with Crippen LogP contribution in [-0.2, 0) is 0 Å². The van der Waals surface area contributed by atoms with Gasteiger partial charge in [0.2, 0.25) is 0 Å². The van der Waals surface area contributed by atoms with Gasteiger partial charge in [0.1, 0.15) is 0 Å². The third-order valence-corrected chi connectivity index (χ3v) is 5.61. The fourth-order valence-electron chi connectivity index (χ4n) is 4.07. The smallest absolute Gasteiger partial charge is 0.270 e. The van der Waals surface area contributed by atoms with Crippen molar-refractivity contribution in [2.45, 2.75) is 31.3 Å². The van der Waals surface area contributed by atoms with Crippen LogP contribution >= 0.6 is 0 Å². The average Bonchev–Trinajstić information content (AvgIpc) is 2.87. The van der Waals surface area contributed by atoms with Gasteiger partial charge >= 0.3 is 0 Å². The predicted molar refractivity (Wildman–Crippen MR) is 97.7 cm³/mol. The highest BCUT2D eigenvalue weighted by Crippen LogP contribution is 2.31. The summed E-state index contributed by atoms with van der Waals surface area (Å²) in [4.78, 5) is 20.1. The van der Waals surface area contributed by atoms with E-state index in [2.05, 4.69) is 27.9 Å². The molecule has 2 unspecified atom stereocenters. The second-order valence-corrected chi connectivity index (χ2v) is 6.99. The van der Waals surface area contributed by atoms with Crippen LogP contribution in [0.4, 0.5) is 11.4 Å². The first-order chi connectivity index (χ1) is 12.1. The number of benzene rings is 1. The number of nitro benzene ring substituents is 1. The Morgan fingerprint density at radius 2 is 2.00 bits per heavy atom. The lowest BCUT2D eigenvalue weighted by atomic mass is 10.1. The molecule has 0 aliphatic carbocycles. The van der Waals surface area contributed by atoms with E-state index in [1.807, 2.05) is 18.3 Å². The first-order valence-corrected chi connectivity index (χ1v) is 8.79. The maximum Gasteiger partial charge on any atom is 0.270 e. The van der Waals surface area contributed by atoms with Crippen molar-refractivity contribution < 1.29 is 4.92 Å². The Morgan fingerprint density at radius 1 is 1.16 bits per heavy atom. The van der Waals surface area contributed by atoms with Gasteiger partial charge in [0.05, 0.1) is 22.5 Å². The highest BCUT2D eigenvalue weighted by Gasteiger charge is 2.34. The highest BCUT2D eigenvalue weighted by atomic mass is 16.6. The van der Waals surface area contributed by atoms with Gasteiger partial charge in [-0.1, -0.05) is 12.1 Å². The minimum atomic E-state index is -0.374. The Balaban J connectivity index is 1.54. The molecule has 3 heterocycles. The molecule has 6 nitrogen and oxygen atoms in total. The summed E-state index contributed by atoms with van der Waals surface area (Å²) >= 11 is 0. The monoisotopic (exact) mass is 338 g/mol. The number of non-ortho nitro benzene ring substituents is 1. The zero-order chi connectivity index (χ0) is 17.4. The number of rotatable bonds is 3. The van der Waals surface area contributed by atoms with E-state index in [0.717, 1.165) is 30.0 Å². The van der Waals surface area contributed by atoms with Crippen molar-refractivity contribution in [3.8, 4) is 11.3 Å². The van der Waals surface area contributed by atoms with E-state index in [1.165, 1.54) is 25.3 Å². The number of nitro groups is 1. The minimum Gasteiger partial charge on any atom is -0.369 e. The second kappa shape index (κ2) is 6.44. The van der Waals surface area contributed by atoms with Crippen molar-refractivity contribution in [3.05, 3.63) is 52.7 Å². The molecule has 2 aromatic rings. The van der Waals surface area contributed by atoms with Crippen LogP contribution in [0.25, 0.3) is 11.3 Å². The van der Waals surface area contributed by atoms with Gasteiger partial charge in [-0.05, 0) is 38.4 Å². The molecule has 2 atom stereocenters. The molecule has 0 amide bonds. The van der Waals surface area contributed by atoms with E-state index >= 15 is 0 Å². The molecule has 6 heteroatoms. The van der Waals surface area contributed by atoms with E-state index < -0.39 is 0 Å². The van der Waals surface area contributed by atoms with E-state index in [4.69, 9.17) is 0 Å². The lowest BCUT2D eigenvalue weighted by Gasteiger charge is -2.27. The molecular formula is C19H22N4O2. The number of hydrogen-bond acceptors (Lipinski definition) is 5. The fourth-order valence-corrected chi connectivity index (χ4v) is 4.07. The Kier molecular flexibility index (Phi) is 4.13. The van der Waals surface area contributed by atoms with Crippen LogP contribution in [-0.4, -0.2) is 47.0 Å². The van der Waals surface area contributed by atoms with Gasteiger partial charge in [-0.3, -0.25) is 20.0 Å². The lowest BCUT2D eigenvalue weighted by molar-refractivity contribution is -0.384. The second-order valence-electron chi connectivity index (χ2n) is 6.99. The summed E-state index contributed by atoms with van der Waals surface area (Å²) in [6, 6.07) is 12.0. The number of fused-ring (bicyclic) bond motifs is 2. The van der Waals surface area contributed by atoms with Gasteiger partial charge < -0.3 is 4.90 Å². The van der Waals surface area contributed by atoms with E-state index in [0.29, 0.717) is 12.1 Å². The molecular weight excluding hydrogens is 316 g/mol. The number of pyridine rings is 1. The summed E-state index contributed by atoms with van der Waals surface area (Å²) in [5, 5.41) is 10.9. The molecule has 2 bridgehead atoms. The summed E-state index contributed by atoms with van der Waals surface area (Å²) in [6.07, 6.45) is 5.68. The molecule has 2 saturated heterocycles. The molecule has 0 N–H and O–H groups in total. The number of likely N-dealkylation sites (N-methyl/N-ethyl adjacent to an activating group) is 1. The maximum atomic E-state index is 10.9. The van der Waals surface area contributed by atoms with Crippen LogP contribution in [0.1, 0.15) is 19.3 Å². The number of hydrogen-bond donors (Lipinski definition) is 0. The molecule has 2 aliphatic heterocycles. The van der Waals surface area contributed by atoms with Crippen LogP contribution in [0.2, 0.25) is 0 Å². The molecule has 4 rings (SSSR count). The van der Waals surface area contributed by atoms with Crippen molar-refractivity contribution in [1.82, 2.24) is 9.88 Å². The van der Waals surface area contributed by atoms with E-state index in [-0.39, 0.29) is 10.6 Å². The standard InChI is InChI=1S/C19H22N4O2/c1-21-15-5-6-18(21)13-22(10-9-15)17-7-8-19(20-12-17)14-3-2-4-16(11-14)23(24)25/h2-4,7-8,11-12,15,18H,5-6,9-10,13H2,1H3. The van der Waals surface area contributed by atoms with Crippen LogP contribution < -0.4 is 4.90 Å². The zero-order valence-electron chi connectivity index (χ0n) is 14.3. The van der Waals surface area contributed by atoms with Gasteiger partial charge in [0.15, 0.2) is 0 Å². The summed E-state index contributed by atoms with van der Waals surface area (Å²) in [5.41, 5.74) is 2.77. The Hall–Kier alpha value is -2.47. The lowest BCUT2D eigenvalue weighted by Crippen LogP contribution is -2.36. The first kappa shape index (κ1) is 16.0. The summed E-state index contributed by atoms with van der Waals surface area (Å²) in [5.74, 6) is 0. The van der Waals surface area contributed by atoms with Crippen LogP contribution in [0.5, 0.6) is 0 Å². The van der Waals surface area contributed by atoms with Crippen molar-refractivity contribution >= 4 is 11.4 Å². The molecule has 25 heavy (non-hydrogen) atoms. The molecule has 0 radical (unpaired) electrons. The molecule has 0 spiro atoms. The van der Waals surface area contributed by atoms with Crippen LogP contribution in [0, 0.1) is 10.1 Å². The van der Waals surface area contributed by atoms with Crippen molar-refractivity contribution in [2.24, 2.45) is 0 Å². The van der Waals surface area contributed by atoms with Gasteiger partial charge in [-0.25, -0.2) is 0 Å². The summed E-state index contributed by atoms with van der Waals surface area (Å²) in [7, 11) is 2.25. The maximum absolute atomic E-state index is 10.9. The van der Waals surface area contributed by atoms with Gasteiger partial charge in [0.25, 0.3) is 5.69 Å². The largest absolute Gasteiger partial charge is 0.369 e.